The fraction of sp³-hybridized carbons (Fsp3) is 0.240. The standard InChI is InChI=1S/C25H25NO7S/c1-26(2)34(28,29)22-8-6-5-7-17(22)14-32-23-19(11-12-21(30-3)24(23)31-4)16-9-10-20-18(13-16)15-33-25(20)27/h5-13H,14-15H2,1-4H3. The van der Waals surface area contributed by atoms with Crippen molar-refractivity contribution in [3.63, 3.8) is 0 Å². The summed E-state index contributed by atoms with van der Waals surface area (Å²) < 4.78 is 49.1. The van der Waals surface area contributed by atoms with E-state index in [2.05, 4.69) is 0 Å². The van der Waals surface area contributed by atoms with Crippen LogP contribution >= 0.6 is 0 Å². The molecule has 0 bridgehead atoms. The van der Waals surface area contributed by atoms with Crippen molar-refractivity contribution in [3.05, 3.63) is 71.3 Å². The molecule has 34 heavy (non-hydrogen) atoms. The first kappa shape index (κ1) is 23.6. The summed E-state index contributed by atoms with van der Waals surface area (Å²) in [6.07, 6.45) is 0. The smallest absolute Gasteiger partial charge is 0.338 e. The Bertz CT molecular complexity index is 1350. The zero-order chi connectivity index (χ0) is 24.5. The third kappa shape index (κ3) is 4.20. The van der Waals surface area contributed by atoms with Gasteiger partial charge in [-0.15, -0.1) is 0 Å². The van der Waals surface area contributed by atoms with Crippen molar-refractivity contribution < 1.29 is 32.2 Å². The minimum atomic E-state index is -3.66. The van der Waals surface area contributed by atoms with E-state index in [9.17, 15) is 13.2 Å². The van der Waals surface area contributed by atoms with Gasteiger partial charge in [-0.3, -0.25) is 0 Å². The Balaban J connectivity index is 1.78. The summed E-state index contributed by atoms with van der Waals surface area (Å²) in [4.78, 5) is 12.0. The molecular formula is C25H25NO7S. The molecule has 3 aromatic carbocycles. The molecule has 178 valence electrons. The van der Waals surface area contributed by atoms with Crippen molar-refractivity contribution in [1.29, 1.82) is 0 Å². The minimum Gasteiger partial charge on any atom is -0.493 e. The largest absolute Gasteiger partial charge is 0.493 e. The molecule has 0 N–H and O–H groups in total. The number of rotatable bonds is 8. The van der Waals surface area contributed by atoms with Crippen LogP contribution < -0.4 is 14.2 Å². The number of methoxy groups -OCH3 is 2. The Hall–Kier alpha value is -3.56. The van der Waals surface area contributed by atoms with Gasteiger partial charge in [0, 0.05) is 30.8 Å². The Labute approximate surface area is 198 Å². The quantitative estimate of drug-likeness (QED) is 0.449. The van der Waals surface area contributed by atoms with Gasteiger partial charge in [0.1, 0.15) is 13.2 Å². The maximum absolute atomic E-state index is 12.8. The average Bonchev–Trinajstić information content (AvgIpc) is 3.21. The highest BCUT2D eigenvalue weighted by atomic mass is 32.2. The highest BCUT2D eigenvalue weighted by Crippen LogP contribution is 2.45. The molecule has 3 aromatic rings. The van der Waals surface area contributed by atoms with E-state index in [1.807, 2.05) is 18.2 Å². The molecule has 0 radical (unpaired) electrons. The van der Waals surface area contributed by atoms with Crippen LogP contribution in [0.15, 0.2) is 59.5 Å². The summed E-state index contributed by atoms with van der Waals surface area (Å²) in [6.45, 7) is 0.188. The average molecular weight is 484 g/mol. The Kier molecular flexibility index (Phi) is 6.49. The molecule has 1 aliphatic heterocycles. The summed E-state index contributed by atoms with van der Waals surface area (Å²) >= 11 is 0. The fourth-order valence-corrected chi connectivity index (χ4v) is 4.89. The Morgan fingerprint density at radius 2 is 1.68 bits per heavy atom. The lowest BCUT2D eigenvalue weighted by Gasteiger charge is -2.19. The molecule has 0 unspecified atom stereocenters. The lowest BCUT2D eigenvalue weighted by Crippen LogP contribution is -2.23. The van der Waals surface area contributed by atoms with Crippen LogP contribution in [0.3, 0.4) is 0 Å². The van der Waals surface area contributed by atoms with E-state index in [-0.39, 0.29) is 24.1 Å². The third-order valence-corrected chi connectivity index (χ3v) is 7.51. The van der Waals surface area contributed by atoms with Gasteiger partial charge in [0.2, 0.25) is 15.8 Å². The molecule has 1 heterocycles. The number of carbonyl (C=O) groups is 1. The molecule has 8 nitrogen and oxygen atoms in total. The highest BCUT2D eigenvalue weighted by Gasteiger charge is 2.25. The first-order valence-corrected chi connectivity index (χ1v) is 11.9. The van der Waals surface area contributed by atoms with Gasteiger partial charge in [-0.1, -0.05) is 24.3 Å². The lowest BCUT2D eigenvalue weighted by molar-refractivity contribution is 0.0535. The van der Waals surface area contributed by atoms with Gasteiger partial charge in [0.25, 0.3) is 0 Å². The maximum atomic E-state index is 12.8. The van der Waals surface area contributed by atoms with E-state index in [0.29, 0.717) is 33.9 Å². The number of hydrogen-bond donors (Lipinski definition) is 0. The van der Waals surface area contributed by atoms with Crippen LogP contribution in [0.25, 0.3) is 11.1 Å². The van der Waals surface area contributed by atoms with Crippen molar-refractivity contribution in [3.8, 4) is 28.4 Å². The predicted octanol–water partition coefficient (Wildman–Crippen LogP) is 3.87. The number of ether oxygens (including phenoxy) is 4. The molecule has 0 spiro atoms. The van der Waals surface area contributed by atoms with E-state index >= 15 is 0 Å². The summed E-state index contributed by atoms with van der Waals surface area (Å²) in [5.74, 6) is 0.893. The lowest BCUT2D eigenvalue weighted by atomic mass is 9.99. The molecule has 4 rings (SSSR count). The Morgan fingerprint density at radius 3 is 2.38 bits per heavy atom. The summed E-state index contributed by atoms with van der Waals surface area (Å²) in [5, 5.41) is 0. The SMILES string of the molecule is COc1ccc(-c2ccc3c(c2)COC3=O)c(OCc2ccccc2S(=O)(=O)N(C)C)c1OC. The number of benzene rings is 3. The van der Waals surface area contributed by atoms with E-state index in [0.717, 1.165) is 15.4 Å². The number of sulfonamides is 1. The monoisotopic (exact) mass is 483 g/mol. The third-order valence-electron chi connectivity index (χ3n) is 5.60. The first-order valence-electron chi connectivity index (χ1n) is 10.5. The van der Waals surface area contributed by atoms with Crippen LogP contribution in [0.5, 0.6) is 17.2 Å². The van der Waals surface area contributed by atoms with E-state index in [4.69, 9.17) is 18.9 Å². The second-order valence-corrected chi connectivity index (χ2v) is 9.93. The van der Waals surface area contributed by atoms with Gasteiger partial charge in [-0.2, -0.15) is 0 Å². The first-order chi connectivity index (χ1) is 16.3. The van der Waals surface area contributed by atoms with E-state index < -0.39 is 10.0 Å². The number of cyclic esters (lactones) is 1. The van der Waals surface area contributed by atoms with Crippen molar-refractivity contribution >= 4 is 16.0 Å². The summed E-state index contributed by atoms with van der Waals surface area (Å²) in [6, 6.07) is 15.7. The fourth-order valence-electron chi connectivity index (χ4n) is 3.79. The second-order valence-electron chi connectivity index (χ2n) is 7.81. The van der Waals surface area contributed by atoms with Crippen LogP contribution in [0, 0.1) is 0 Å². The number of hydrogen-bond acceptors (Lipinski definition) is 7. The second kappa shape index (κ2) is 9.36. The van der Waals surface area contributed by atoms with Crippen LogP contribution in [-0.2, 0) is 28.0 Å². The maximum Gasteiger partial charge on any atom is 0.338 e. The molecule has 0 aliphatic carbocycles. The van der Waals surface area contributed by atoms with Gasteiger partial charge in [0.05, 0.1) is 24.7 Å². The molecule has 0 amide bonds. The van der Waals surface area contributed by atoms with Gasteiger partial charge < -0.3 is 18.9 Å². The molecular weight excluding hydrogens is 458 g/mol. The normalized spacial score (nSPS) is 12.9. The topological polar surface area (TPSA) is 91.4 Å². The molecule has 1 aliphatic rings. The van der Waals surface area contributed by atoms with Crippen LogP contribution in [-0.4, -0.2) is 47.0 Å². The Morgan fingerprint density at radius 1 is 0.941 bits per heavy atom. The van der Waals surface area contributed by atoms with Gasteiger partial charge in [-0.05, 0) is 35.9 Å². The van der Waals surface area contributed by atoms with Crippen molar-refractivity contribution in [1.82, 2.24) is 4.31 Å². The predicted molar refractivity (Wildman–Crippen MR) is 126 cm³/mol. The summed E-state index contributed by atoms with van der Waals surface area (Å²) in [5.41, 5.74) is 3.31. The van der Waals surface area contributed by atoms with Crippen LogP contribution in [0.1, 0.15) is 21.5 Å². The number of fused-ring (bicyclic) bond motifs is 1. The molecule has 0 atom stereocenters. The van der Waals surface area contributed by atoms with Gasteiger partial charge >= 0.3 is 5.97 Å². The number of nitrogens with zero attached hydrogens (tertiary/aromatic N) is 1. The van der Waals surface area contributed by atoms with Crippen molar-refractivity contribution in [2.24, 2.45) is 0 Å². The zero-order valence-electron chi connectivity index (χ0n) is 19.3. The minimum absolute atomic E-state index is 0.0215. The van der Waals surface area contributed by atoms with Crippen LogP contribution in [0.2, 0.25) is 0 Å². The summed E-state index contributed by atoms with van der Waals surface area (Å²) in [7, 11) is 2.34. The number of carbonyl (C=O) groups excluding carboxylic acids is 1. The van der Waals surface area contributed by atoms with Crippen molar-refractivity contribution in [2.75, 3.05) is 28.3 Å². The van der Waals surface area contributed by atoms with E-state index in [1.54, 1.807) is 36.4 Å². The van der Waals surface area contributed by atoms with Gasteiger partial charge in [-0.25, -0.2) is 17.5 Å². The highest BCUT2D eigenvalue weighted by molar-refractivity contribution is 7.89. The number of esters is 1. The molecule has 9 heteroatoms. The van der Waals surface area contributed by atoms with E-state index in [1.165, 1.54) is 28.3 Å². The molecule has 0 saturated carbocycles. The van der Waals surface area contributed by atoms with Crippen LogP contribution in [0.4, 0.5) is 0 Å². The zero-order valence-corrected chi connectivity index (χ0v) is 20.1. The molecule has 0 fully saturated rings. The molecule has 0 aromatic heterocycles. The van der Waals surface area contributed by atoms with Gasteiger partial charge in [0.15, 0.2) is 11.5 Å². The van der Waals surface area contributed by atoms with Crippen molar-refractivity contribution in [2.45, 2.75) is 18.1 Å². The molecule has 0 saturated heterocycles.